The summed E-state index contributed by atoms with van der Waals surface area (Å²) >= 11 is 1.39. The first-order valence-electron chi connectivity index (χ1n) is 13.7. The molecule has 0 rings (SSSR count). The fraction of sp³-hybridized carbons (Fsp3) is 0.966. The fourth-order valence-electron chi connectivity index (χ4n) is 3.90. The molecule has 0 saturated carbocycles. The Morgan fingerprint density at radius 1 is 0.611 bits per heavy atom. The zero-order valence-electron chi connectivity index (χ0n) is 27.3. The van der Waals surface area contributed by atoms with Gasteiger partial charge in [-0.1, -0.05) is 32.5 Å². The highest BCUT2D eigenvalue weighted by Crippen LogP contribution is 2.56. The number of thioether (sulfide) groups is 1. The van der Waals surface area contributed by atoms with Crippen molar-refractivity contribution < 1.29 is 14.1 Å². The van der Waals surface area contributed by atoms with Crippen LogP contribution in [0.1, 0.15) is 132 Å². The molecule has 0 bridgehead atoms. The summed E-state index contributed by atoms with van der Waals surface area (Å²) in [5, 5.41) is 0.176. The molecule has 0 spiro atoms. The van der Waals surface area contributed by atoms with Crippen LogP contribution in [0.25, 0.3) is 0 Å². The fourth-order valence-corrected chi connectivity index (χ4v) is 7.59. The molecular formula is C29H61N2O3PS. The van der Waals surface area contributed by atoms with Crippen molar-refractivity contribution >= 4 is 25.3 Å². The van der Waals surface area contributed by atoms with Crippen molar-refractivity contribution in [2.45, 2.75) is 177 Å². The summed E-state index contributed by atoms with van der Waals surface area (Å²) in [5.74, 6) is 0. The summed E-state index contributed by atoms with van der Waals surface area (Å²) in [6.07, 6.45) is 0. The van der Waals surface area contributed by atoms with E-state index >= 15 is 0 Å². The molecule has 0 aromatic carbocycles. The summed E-state index contributed by atoms with van der Waals surface area (Å²) < 4.78 is 18.7. The van der Waals surface area contributed by atoms with Gasteiger partial charge < -0.3 is 9.26 Å². The minimum atomic E-state index is -1.07. The van der Waals surface area contributed by atoms with Gasteiger partial charge in [-0.2, -0.15) is 0 Å². The van der Waals surface area contributed by atoms with Crippen LogP contribution in [0.5, 0.6) is 0 Å². The van der Waals surface area contributed by atoms with Crippen LogP contribution in [0, 0.1) is 5.41 Å². The lowest BCUT2D eigenvalue weighted by atomic mass is 9.86. The molecule has 7 heteroatoms. The summed E-state index contributed by atoms with van der Waals surface area (Å²) in [6.45, 7) is 40.9. The van der Waals surface area contributed by atoms with Crippen LogP contribution in [0.3, 0.4) is 0 Å². The number of hydrogen-bond acceptors (Lipinski definition) is 6. The Kier molecular flexibility index (Phi) is 12.7. The van der Waals surface area contributed by atoms with Crippen LogP contribution in [0.4, 0.5) is 0 Å². The number of nitrogens with zero attached hydrogens (tertiary/aromatic N) is 2. The number of carbonyl (C=O) groups excluding carboxylic acids is 1. The summed E-state index contributed by atoms with van der Waals surface area (Å²) in [6, 6.07) is 1.36. The molecule has 0 aromatic rings. The highest BCUT2D eigenvalue weighted by molar-refractivity contribution is 8.14. The Hall–Kier alpha value is 0.290. The average molecular weight is 549 g/mol. The molecule has 0 radical (unpaired) electrons. The second-order valence-corrected chi connectivity index (χ2v) is 17.5. The molecule has 0 aliphatic heterocycles. The van der Waals surface area contributed by atoms with E-state index in [1.165, 1.54) is 11.8 Å². The van der Waals surface area contributed by atoms with Gasteiger partial charge in [0.1, 0.15) is 0 Å². The Morgan fingerprint density at radius 2 is 0.944 bits per heavy atom. The molecule has 5 nitrogen and oxygen atoms in total. The molecular weight excluding hydrogens is 487 g/mol. The Balaban J connectivity index is 6.32. The van der Waals surface area contributed by atoms with E-state index in [-0.39, 0.29) is 5.12 Å². The highest BCUT2D eigenvalue weighted by atomic mass is 32.2. The van der Waals surface area contributed by atoms with Crippen LogP contribution >= 0.6 is 20.2 Å². The van der Waals surface area contributed by atoms with E-state index < -0.39 is 35.4 Å². The van der Waals surface area contributed by atoms with E-state index in [0.29, 0.717) is 24.2 Å². The van der Waals surface area contributed by atoms with Crippen molar-refractivity contribution in [2.75, 3.05) is 0 Å². The molecule has 0 aromatic heterocycles. The first-order valence-corrected chi connectivity index (χ1v) is 15.7. The van der Waals surface area contributed by atoms with Gasteiger partial charge in [-0.25, -0.2) is 9.34 Å². The van der Waals surface area contributed by atoms with Crippen LogP contribution in [0.15, 0.2) is 0 Å². The van der Waals surface area contributed by atoms with E-state index in [9.17, 15) is 4.79 Å². The topological polar surface area (TPSA) is 42.0 Å². The second kappa shape index (κ2) is 12.6. The molecule has 0 aliphatic rings. The van der Waals surface area contributed by atoms with Crippen molar-refractivity contribution in [2.24, 2.45) is 5.41 Å². The zero-order valence-corrected chi connectivity index (χ0v) is 29.0. The highest BCUT2D eigenvalue weighted by Gasteiger charge is 2.51. The second-order valence-electron chi connectivity index (χ2n) is 14.3. The lowest BCUT2D eigenvalue weighted by Crippen LogP contribution is -2.58. The number of hydrogen-bond donors (Lipinski definition) is 0. The molecule has 216 valence electrons. The number of carbonyl (C=O) groups is 1. The van der Waals surface area contributed by atoms with Crippen molar-refractivity contribution in [1.82, 2.24) is 9.34 Å². The maximum absolute atomic E-state index is 12.9. The smallest absolute Gasteiger partial charge is 0.194 e. The Bertz CT molecular complexity index is 674. The predicted molar refractivity (Wildman–Crippen MR) is 162 cm³/mol. The molecule has 0 saturated heterocycles. The lowest BCUT2D eigenvalue weighted by molar-refractivity contribution is -0.203. The minimum Gasteiger partial charge on any atom is -0.365 e. The third kappa shape index (κ3) is 9.19. The first kappa shape index (κ1) is 36.3. The quantitative estimate of drug-likeness (QED) is 0.214. The van der Waals surface area contributed by atoms with Gasteiger partial charge in [-0.15, -0.1) is 0 Å². The van der Waals surface area contributed by atoms with Gasteiger partial charge in [0, 0.05) is 34.3 Å². The van der Waals surface area contributed by atoms with E-state index in [0.717, 1.165) is 0 Å². The molecule has 36 heavy (non-hydrogen) atoms. The molecule has 0 atom stereocenters. The largest absolute Gasteiger partial charge is 0.365 e. The maximum Gasteiger partial charge on any atom is 0.194 e. The Labute approximate surface area is 231 Å². The van der Waals surface area contributed by atoms with Crippen LogP contribution in [0.2, 0.25) is 0 Å². The SMILES string of the molecule is CC(C)N(C(C)C)P(OC(C)(C)C(C)(C)OC(C)(C)C(C)(C)SC(=O)C(C)(C)C)N(C(C)C)C(C)C. The maximum atomic E-state index is 12.9. The summed E-state index contributed by atoms with van der Waals surface area (Å²) in [5.41, 5.74) is -2.22. The lowest BCUT2D eigenvalue weighted by Gasteiger charge is -2.54. The Morgan fingerprint density at radius 3 is 1.22 bits per heavy atom. The number of rotatable bonds is 13. The predicted octanol–water partition coefficient (Wildman–Crippen LogP) is 8.90. The van der Waals surface area contributed by atoms with Crippen molar-refractivity contribution in [3.05, 3.63) is 0 Å². The van der Waals surface area contributed by atoms with Gasteiger partial charge in [0.2, 0.25) is 0 Å². The van der Waals surface area contributed by atoms with Crippen molar-refractivity contribution in [1.29, 1.82) is 0 Å². The van der Waals surface area contributed by atoms with Crippen molar-refractivity contribution in [3.63, 3.8) is 0 Å². The van der Waals surface area contributed by atoms with Crippen LogP contribution < -0.4 is 0 Å². The van der Waals surface area contributed by atoms with Gasteiger partial charge in [-0.05, 0) is 111 Å². The average Bonchev–Trinajstić information content (AvgIpc) is 2.57. The first-order chi connectivity index (χ1) is 15.7. The van der Waals surface area contributed by atoms with E-state index in [1.807, 2.05) is 20.8 Å². The van der Waals surface area contributed by atoms with Crippen molar-refractivity contribution in [3.8, 4) is 0 Å². The summed E-state index contributed by atoms with van der Waals surface area (Å²) in [7, 11) is -1.07. The third-order valence-electron chi connectivity index (χ3n) is 7.19. The van der Waals surface area contributed by atoms with Gasteiger partial charge in [-0.3, -0.25) is 4.79 Å². The van der Waals surface area contributed by atoms with E-state index in [1.54, 1.807) is 0 Å². The van der Waals surface area contributed by atoms with Gasteiger partial charge >= 0.3 is 0 Å². The molecule has 0 amide bonds. The van der Waals surface area contributed by atoms with E-state index in [4.69, 9.17) is 9.26 Å². The minimum absolute atomic E-state index is 0.176. The van der Waals surface area contributed by atoms with Gasteiger partial charge in [0.15, 0.2) is 13.6 Å². The van der Waals surface area contributed by atoms with Gasteiger partial charge in [0.25, 0.3) is 0 Å². The standard InChI is InChI=1S/C29H61N2O3PS/c1-20(2)30(21(3)4)35(31(22(5)6)23(7)8)34-27(14,15)26(12,13)33-28(16,17)29(18,19)36-24(32)25(9,10)11/h20-23H,1-19H3. The normalized spacial score (nSPS) is 15.1. The van der Waals surface area contributed by atoms with Gasteiger partial charge in [0.05, 0.1) is 16.8 Å². The monoisotopic (exact) mass is 548 g/mol. The van der Waals surface area contributed by atoms with Crippen LogP contribution in [-0.4, -0.2) is 60.2 Å². The molecule has 0 unspecified atom stereocenters. The molecule has 0 fully saturated rings. The third-order valence-corrected chi connectivity index (χ3v) is 12.2. The van der Waals surface area contributed by atoms with Crippen LogP contribution in [-0.2, 0) is 14.1 Å². The molecule has 0 heterocycles. The van der Waals surface area contributed by atoms with E-state index in [2.05, 4.69) is 120 Å². The summed E-state index contributed by atoms with van der Waals surface area (Å²) in [4.78, 5) is 12.9. The molecule has 0 N–H and O–H groups in total. The zero-order chi connectivity index (χ0) is 29.2. The molecule has 0 aliphatic carbocycles. The number of ether oxygens (including phenoxy) is 1.